The van der Waals surface area contributed by atoms with E-state index in [1.807, 2.05) is 0 Å². The van der Waals surface area contributed by atoms with E-state index in [9.17, 15) is 9.90 Å². The summed E-state index contributed by atoms with van der Waals surface area (Å²) in [5.41, 5.74) is 3.21. The number of amides is 1. The van der Waals surface area contributed by atoms with Crippen molar-refractivity contribution in [2.45, 2.75) is 6.92 Å². The standard InChI is InChI=1S/C14H14N2O4/c1-9-12(5-6-20-9)14(18)16-15-8-10-7-11(19-2)3-4-13(10)17/h3-8,17H,1-2H3,(H,16,18)/b15-8-. The molecule has 0 aliphatic carbocycles. The number of phenols is 1. The number of nitrogens with zero attached hydrogens (tertiary/aromatic N) is 1. The van der Waals surface area contributed by atoms with Gasteiger partial charge < -0.3 is 14.3 Å². The molecule has 6 heteroatoms. The average Bonchev–Trinajstić information content (AvgIpc) is 2.87. The van der Waals surface area contributed by atoms with Crippen molar-refractivity contribution in [2.75, 3.05) is 7.11 Å². The summed E-state index contributed by atoms with van der Waals surface area (Å²) in [5.74, 6) is 0.765. The molecule has 0 fully saturated rings. The maximum Gasteiger partial charge on any atom is 0.274 e. The molecule has 1 aromatic heterocycles. The van der Waals surface area contributed by atoms with Gasteiger partial charge in [0, 0.05) is 5.56 Å². The van der Waals surface area contributed by atoms with Gasteiger partial charge in [0.15, 0.2) is 0 Å². The van der Waals surface area contributed by atoms with Gasteiger partial charge in [-0.25, -0.2) is 5.43 Å². The molecule has 2 rings (SSSR count). The van der Waals surface area contributed by atoms with E-state index in [0.29, 0.717) is 22.6 Å². The summed E-state index contributed by atoms with van der Waals surface area (Å²) in [4.78, 5) is 11.8. The van der Waals surface area contributed by atoms with Crippen molar-refractivity contribution in [2.24, 2.45) is 5.10 Å². The van der Waals surface area contributed by atoms with E-state index in [2.05, 4.69) is 10.5 Å². The zero-order valence-electron chi connectivity index (χ0n) is 11.1. The lowest BCUT2D eigenvalue weighted by Gasteiger charge is -2.03. The van der Waals surface area contributed by atoms with Crippen molar-refractivity contribution in [3.63, 3.8) is 0 Å². The van der Waals surface area contributed by atoms with Crippen molar-refractivity contribution in [3.05, 3.63) is 47.4 Å². The molecule has 0 bridgehead atoms. The molecule has 104 valence electrons. The van der Waals surface area contributed by atoms with Gasteiger partial charge in [0.25, 0.3) is 5.91 Å². The summed E-state index contributed by atoms with van der Waals surface area (Å²) in [7, 11) is 1.52. The maximum absolute atomic E-state index is 11.8. The van der Waals surface area contributed by atoms with Gasteiger partial charge in [-0.2, -0.15) is 5.10 Å². The highest BCUT2D eigenvalue weighted by Gasteiger charge is 2.10. The SMILES string of the molecule is COc1ccc(O)c(/C=N\NC(=O)c2ccoc2C)c1. The van der Waals surface area contributed by atoms with Gasteiger partial charge in [-0.1, -0.05) is 0 Å². The van der Waals surface area contributed by atoms with Gasteiger partial charge in [0.1, 0.15) is 17.3 Å². The summed E-state index contributed by atoms with van der Waals surface area (Å²) >= 11 is 0. The van der Waals surface area contributed by atoms with Crippen molar-refractivity contribution in [1.29, 1.82) is 0 Å². The van der Waals surface area contributed by atoms with Gasteiger partial charge in [0.2, 0.25) is 0 Å². The normalized spacial score (nSPS) is 10.7. The monoisotopic (exact) mass is 274 g/mol. The van der Waals surface area contributed by atoms with Crippen LogP contribution in [0.3, 0.4) is 0 Å². The highest BCUT2D eigenvalue weighted by Crippen LogP contribution is 2.20. The molecule has 0 saturated carbocycles. The molecule has 0 saturated heterocycles. The zero-order valence-corrected chi connectivity index (χ0v) is 11.1. The number of methoxy groups -OCH3 is 1. The van der Waals surface area contributed by atoms with Crippen molar-refractivity contribution >= 4 is 12.1 Å². The molecule has 20 heavy (non-hydrogen) atoms. The van der Waals surface area contributed by atoms with Crippen LogP contribution in [-0.2, 0) is 0 Å². The van der Waals surface area contributed by atoms with E-state index < -0.39 is 0 Å². The molecule has 1 amide bonds. The Labute approximate surface area is 115 Å². The Bertz CT molecular complexity index is 646. The van der Waals surface area contributed by atoms with E-state index in [4.69, 9.17) is 9.15 Å². The Morgan fingerprint density at radius 3 is 2.90 bits per heavy atom. The van der Waals surface area contributed by atoms with E-state index in [1.165, 1.54) is 25.7 Å². The van der Waals surface area contributed by atoms with Crippen LogP contribution < -0.4 is 10.2 Å². The summed E-state index contributed by atoms with van der Waals surface area (Å²) in [5, 5.41) is 13.4. The number of hydrogen-bond donors (Lipinski definition) is 2. The predicted octanol–water partition coefficient (Wildman–Crippen LogP) is 2.07. The fraction of sp³-hybridized carbons (Fsp3) is 0.143. The molecule has 0 aliphatic rings. The topological polar surface area (TPSA) is 84.1 Å². The van der Waals surface area contributed by atoms with Gasteiger partial charge in [-0.05, 0) is 31.2 Å². The van der Waals surface area contributed by atoms with Gasteiger partial charge >= 0.3 is 0 Å². The van der Waals surface area contributed by atoms with Gasteiger partial charge in [-0.3, -0.25) is 4.79 Å². The van der Waals surface area contributed by atoms with Crippen LogP contribution in [0.4, 0.5) is 0 Å². The largest absolute Gasteiger partial charge is 0.507 e. The Morgan fingerprint density at radius 1 is 1.45 bits per heavy atom. The molecule has 0 atom stereocenters. The molecule has 1 aromatic carbocycles. The first-order valence-corrected chi connectivity index (χ1v) is 5.86. The second kappa shape index (κ2) is 5.92. The molecule has 0 radical (unpaired) electrons. The minimum absolute atomic E-state index is 0.0447. The molecular weight excluding hydrogens is 260 g/mol. The number of benzene rings is 1. The Balaban J connectivity index is 2.07. The van der Waals surface area contributed by atoms with E-state index >= 15 is 0 Å². The summed E-state index contributed by atoms with van der Waals surface area (Å²) < 4.78 is 10.1. The number of hydrazone groups is 1. The van der Waals surface area contributed by atoms with Crippen LogP contribution in [0.2, 0.25) is 0 Å². The van der Waals surface area contributed by atoms with Gasteiger partial charge in [0.05, 0.1) is 25.2 Å². The molecule has 2 N–H and O–H groups in total. The quantitative estimate of drug-likeness (QED) is 0.660. The molecular formula is C14H14N2O4. The molecule has 2 aromatic rings. The molecule has 0 unspecified atom stereocenters. The number of phenolic OH excluding ortho intramolecular Hbond substituents is 1. The Hall–Kier alpha value is -2.76. The number of carbonyl (C=O) groups excluding carboxylic acids is 1. The van der Waals surface area contributed by atoms with Crippen molar-refractivity contribution in [3.8, 4) is 11.5 Å². The zero-order chi connectivity index (χ0) is 14.5. The maximum atomic E-state index is 11.8. The van der Waals surface area contributed by atoms with Crippen LogP contribution in [0.5, 0.6) is 11.5 Å². The first kappa shape index (κ1) is 13.7. The van der Waals surface area contributed by atoms with E-state index in [0.717, 1.165) is 0 Å². The molecule has 6 nitrogen and oxygen atoms in total. The number of hydrogen-bond acceptors (Lipinski definition) is 5. The summed E-state index contributed by atoms with van der Waals surface area (Å²) in [6.07, 6.45) is 2.77. The minimum Gasteiger partial charge on any atom is -0.507 e. The third-order valence-electron chi connectivity index (χ3n) is 2.71. The Morgan fingerprint density at radius 2 is 2.25 bits per heavy atom. The van der Waals surface area contributed by atoms with Crippen LogP contribution in [0.1, 0.15) is 21.7 Å². The Kier molecular flexibility index (Phi) is 4.05. The van der Waals surface area contributed by atoms with Crippen molar-refractivity contribution in [1.82, 2.24) is 5.43 Å². The minimum atomic E-state index is -0.380. The highest BCUT2D eigenvalue weighted by molar-refractivity contribution is 5.95. The number of rotatable bonds is 4. The number of ether oxygens (including phenoxy) is 1. The predicted molar refractivity (Wildman–Crippen MR) is 73.2 cm³/mol. The third kappa shape index (κ3) is 2.97. The third-order valence-corrected chi connectivity index (χ3v) is 2.71. The second-order valence-electron chi connectivity index (χ2n) is 4.01. The summed E-state index contributed by atoms with van der Waals surface area (Å²) in [6.45, 7) is 1.69. The van der Waals surface area contributed by atoms with Crippen LogP contribution >= 0.6 is 0 Å². The number of furan rings is 1. The molecule has 0 spiro atoms. The molecule has 0 aliphatic heterocycles. The van der Waals surface area contributed by atoms with E-state index in [1.54, 1.807) is 25.1 Å². The number of nitrogens with one attached hydrogen (secondary N) is 1. The fourth-order valence-corrected chi connectivity index (χ4v) is 1.60. The smallest absolute Gasteiger partial charge is 0.274 e. The van der Waals surface area contributed by atoms with Crippen LogP contribution in [0.15, 0.2) is 40.0 Å². The number of aromatic hydroxyl groups is 1. The number of carbonyl (C=O) groups is 1. The lowest BCUT2D eigenvalue weighted by atomic mass is 10.2. The highest BCUT2D eigenvalue weighted by atomic mass is 16.5. The van der Waals surface area contributed by atoms with E-state index in [-0.39, 0.29) is 11.7 Å². The second-order valence-corrected chi connectivity index (χ2v) is 4.01. The average molecular weight is 274 g/mol. The lowest BCUT2D eigenvalue weighted by Crippen LogP contribution is -2.17. The summed E-state index contributed by atoms with van der Waals surface area (Å²) in [6, 6.07) is 6.28. The van der Waals surface area contributed by atoms with Crippen LogP contribution in [0, 0.1) is 6.92 Å². The lowest BCUT2D eigenvalue weighted by molar-refractivity contribution is 0.0953. The van der Waals surface area contributed by atoms with Crippen LogP contribution in [0.25, 0.3) is 0 Å². The first-order valence-electron chi connectivity index (χ1n) is 5.86. The van der Waals surface area contributed by atoms with Gasteiger partial charge in [-0.15, -0.1) is 0 Å². The van der Waals surface area contributed by atoms with Crippen LogP contribution in [-0.4, -0.2) is 24.3 Å². The fourth-order valence-electron chi connectivity index (χ4n) is 1.60. The van der Waals surface area contributed by atoms with Crippen molar-refractivity contribution < 1.29 is 19.1 Å². The number of aryl methyl sites for hydroxylation is 1. The first-order chi connectivity index (χ1) is 9.61. The molecule has 1 heterocycles.